The standard InChI is InChI=1S/C10H19N3O3/c1-8(2)12-10(15)11-3-4-13-5-6-16-7-9(13)14/h8H,3-7H2,1-2H3,(H2,11,12,15). The van der Waals surface area contributed by atoms with E-state index in [9.17, 15) is 9.59 Å². The molecule has 0 unspecified atom stereocenters. The lowest BCUT2D eigenvalue weighted by Crippen LogP contribution is -2.47. The molecule has 1 aliphatic rings. The van der Waals surface area contributed by atoms with Crippen LogP contribution in [0.2, 0.25) is 0 Å². The number of hydrogen-bond donors (Lipinski definition) is 2. The summed E-state index contributed by atoms with van der Waals surface area (Å²) >= 11 is 0. The minimum atomic E-state index is -0.198. The summed E-state index contributed by atoms with van der Waals surface area (Å²) in [6, 6.07) is -0.0827. The molecule has 1 saturated heterocycles. The molecule has 0 aliphatic carbocycles. The maximum atomic E-state index is 11.3. The maximum Gasteiger partial charge on any atom is 0.315 e. The zero-order valence-electron chi connectivity index (χ0n) is 9.78. The first-order valence-electron chi connectivity index (χ1n) is 5.49. The molecule has 6 heteroatoms. The predicted molar refractivity (Wildman–Crippen MR) is 59.1 cm³/mol. The SMILES string of the molecule is CC(C)NC(=O)NCCN1CCOCC1=O. The number of nitrogens with one attached hydrogen (secondary N) is 2. The minimum Gasteiger partial charge on any atom is -0.370 e. The summed E-state index contributed by atoms with van der Waals surface area (Å²) in [6.45, 7) is 6.11. The summed E-state index contributed by atoms with van der Waals surface area (Å²) < 4.78 is 5.00. The highest BCUT2D eigenvalue weighted by molar-refractivity contribution is 5.78. The monoisotopic (exact) mass is 229 g/mol. The molecule has 92 valence electrons. The number of morpholine rings is 1. The highest BCUT2D eigenvalue weighted by Crippen LogP contribution is 1.97. The van der Waals surface area contributed by atoms with Crippen LogP contribution in [0.25, 0.3) is 0 Å². The summed E-state index contributed by atoms with van der Waals surface area (Å²) in [6.07, 6.45) is 0. The Hall–Kier alpha value is -1.30. The van der Waals surface area contributed by atoms with Gasteiger partial charge in [-0.3, -0.25) is 4.79 Å². The normalized spacial score (nSPS) is 16.4. The van der Waals surface area contributed by atoms with Gasteiger partial charge in [0, 0.05) is 25.7 Å². The fourth-order valence-electron chi connectivity index (χ4n) is 1.40. The lowest BCUT2D eigenvalue weighted by molar-refractivity contribution is -0.142. The highest BCUT2D eigenvalue weighted by Gasteiger charge is 2.17. The Morgan fingerprint density at radius 1 is 1.56 bits per heavy atom. The molecule has 1 rings (SSSR count). The molecule has 1 aliphatic heterocycles. The van der Waals surface area contributed by atoms with E-state index in [0.717, 1.165) is 0 Å². The second-order valence-corrected chi connectivity index (χ2v) is 3.99. The van der Waals surface area contributed by atoms with Crippen molar-refractivity contribution in [3.8, 4) is 0 Å². The Morgan fingerprint density at radius 2 is 2.31 bits per heavy atom. The number of amides is 3. The van der Waals surface area contributed by atoms with Crippen molar-refractivity contribution in [2.24, 2.45) is 0 Å². The van der Waals surface area contributed by atoms with E-state index < -0.39 is 0 Å². The molecule has 0 aromatic heterocycles. The Balaban J connectivity index is 2.14. The lowest BCUT2D eigenvalue weighted by Gasteiger charge is -2.26. The summed E-state index contributed by atoms with van der Waals surface area (Å²) in [5.74, 6) is -0.0164. The van der Waals surface area contributed by atoms with E-state index in [4.69, 9.17) is 4.74 Å². The van der Waals surface area contributed by atoms with E-state index in [2.05, 4.69) is 10.6 Å². The molecule has 0 spiro atoms. The fraction of sp³-hybridized carbons (Fsp3) is 0.800. The van der Waals surface area contributed by atoms with E-state index in [1.807, 2.05) is 13.8 Å². The van der Waals surface area contributed by atoms with Crippen molar-refractivity contribution in [3.63, 3.8) is 0 Å². The van der Waals surface area contributed by atoms with Gasteiger partial charge in [-0.05, 0) is 13.8 Å². The second-order valence-electron chi connectivity index (χ2n) is 3.99. The van der Waals surface area contributed by atoms with Crippen LogP contribution in [0, 0.1) is 0 Å². The van der Waals surface area contributed by atoms with Gasteiger partial charge in [0.1, 0.15) is 6.61 Å². The van der Waals surface area contributed by atoms with Crippen molar-refractivity contribution >= 4 is 11.9 Å². The van der Waals surface area contributed by atoms with Gasteiger partial charge in [0.2, 0.25) is 5.91 Å². The molecule has 6 nitrogen and oxygen atoms in total. The zero-order chi connectivity index (χ0) is 12.0. The number of urea groups is 1. The molecule has 2 N–H and O–H groups in total. The summed E-state index contributed by atoms with van der Waals surface area (Å²) in [5, 5.41) is 5.41. The van der Waals surface area contributed by atoms with Gasteiger partial charge in [-0.15, -0.1) is 0 Å². The first kappa shape index (κ1) is 12.8. The van der Waals surface area contributed by atoms with Crippen LogP contribution in [0.3, 0.4) is 0 Å². The summed E-state index contributed by atoms with van der Waals surface area (Å²) in [5.41, 5.74) is 0. The van der Waals surface area contributed by atoms with Crippen molar-refractivity contribution in [2.45, 2.75) is 19.9 Å². The van der Waals surface area contributed by atoms with E-state index in [-0.39, 0.29) is 24.6 Å². The van der Waals surface area contributed by atoms with Crippen molar-refractivity contribution in [1.29, 1.82) is 0 Å². The van der Waals surface area contributed by atoms with E-state index >= 15 is 0 Å². The third-order valence-corrected chi connectivity index (χ3v) is 2.17. The van der Waals surface area contributed by atoms with Crippen molar-refractivity contribution in [2.75, 3.05) is 32.8 Å². The molecule has 1 heterocycles. The summed E-state index contributed by atoms with van der Waals surface area (Å²) in [4.78, 5) is 24.2. The third-order valence-electron chi connectivity index (χ3n) is 2.17. The van der Waals surface area contributed by atoms with Gasteiger partial charge in [-0.1, -0.05) is 0 Å². The van der Waals surface area contributed by atoms with Crippen LogP contribution in [0.4, 0.5) is 4.79 Å². The summed E-state index contributed by atoms with van der Waals surface area (Å²) in [7, 11) is 0. The lowest BCUT2D eigenvalue weighted by atomic mass is 10.4. The van der Waals surface area contributed by atoms with Gasteiger partial charge in [0.15, 0.2) is 0 Å². The number of ether oxygens (including phenoxy) is 1. The van der Waals surface area contributed by atoms with Crippen LogP contribution < -0.4 is 10.6 Å². The van der Waals surface area contributed by atoms with Crippen molar-refractivity contribution in [1.82, 2.24) is 15.5 Å². The van der Waals surface area contributed by atoms with E-state index in [0.29, 0.717) is 26.2 Å². The number of hydrogen-bond acceptors (Lipinski definition) is 3. The van der Waals surface area contributed by atoms with Gasteiger partial charge in [0.05, 0.1) is 6.61 Å². The number of nitrogens with zero attached hydrogens (tertiary/aromatic N) is 1. The van der Waals surface area contributed by atoms with Crippen LogP contribution in [-0.4, -0.2) is 55.7 Å². The fourth-order valence-corrected chi connectivity index (χ4v) is 1.40. The largest absolute Gasteiger partial charge is 0.370 e. The van der Waals surface area contributed by atoms with E-state index in [1.165, 1.54) is 0 Å². The molecular weight excluding hydrogens is 210 g/mol. The Bertz CT molecular complexity index is 256. The average molecular weight is 229 g/mol. The smallest absolute Gasteiger partial charge is 0.315 e. The number of rotatable bonds is 4. The molecular formula is C10H19N3O3. The molecule has 16 heavy (non-hydrogen) atoms. The molecule has 0 radical (unpaired) electrons. The molecule has 0 aromatic rings. The maximum absolute atomic E-state index is 11.3. The number of carbonyl (C=O) groups excluding carboxylic acids is 2. The first-order valence-corrected chi connectivity index (χ1v) is 5.49. The quantitative estimate of drug-likeness (QED) is 0.686. The molecule has 0 saturated carbocycles. The minimum absolute atomic E-state index is 0.0164. The zero-order valence-corrected chi connectivity index (χ0v) is 9.78. The van der Waals surface area contributed by atoms with Gasteiger partial charge < -0.3 is 20.3 Å². The highest BCUT2D eigenvalue weighted by atomic mass is 16.5. The van der Waals surface area contributed by atoms with Gasteiger partial charge >= 0.3 is 6.03 Å². The molecule has 0 atom stereocenters. The first-order chi connectivity index (χ1) is 7.59. The van der Waals surface area contributed by atoms with Gasteiger partial charge in [-0.25, -0.2) is 4.79 Å². The Morgan fingerprint density at radius 3 is 2.94 bits per heavy atom. The number of carbonyl (C=O) groups is 2. The van der Waals surface area contributed by atoms with Crippen molar-refractivity contribution < 1.29 is 14.3 Å². The topological polar surface area (TPSA) is 70.7 Å². The van der Waals surface area contributed by atoms with Crippen LogP contribution >= 0.6 is 0 Å². The average Bonchev–Trinajstić information content (AvgIpc) is 2.19. The van der Waals surface area contributed by atoms with Crippen LogP contribution in [0.1, 0.15) is 13.8 Å². The van der Waals surface area contributed by atoms with Crippen LogP contribution in [0.5, 0.6) is 0 Å². The molecule has 3 amide bonds. The van der Waals surface area contributed by atoms with Gasteiger partial charge in [-0.2, -0.15) is 0 Å². The molecule has 1 fully saturated rings. The van der Waals surface area contributed by atoms with Gasteiger partial charge in [0.25, 0.3) is 0 Å². The third kappa shape index (κ3) is 4.48. The van der Waals surface area contributed by atoms with Crippen molar-refractivity contribution in [3.05, 3.63) is 0 Å². The van der Waals surface area contributed by atoms with Crippen LogP contribution in [-0.2, 0) is 9.53 Å². The predicted octanol–water partition coefficient (Wildman–Crippen LogP) is -0.447. The molecule has 0 aromatic carbocycles. The molecule has 0 bridgehead atoms. The van der Waals surface area contributed by atoms with E-state index in [1.54, 1.807) is 4.90 Å². The Kier molecular flexibility index (Phi) is 5.04. The Labute approximate surface area is 95.3 Å². The van der Waals surface area contributed by atoms with Crippen LogP contribution in [0.15, 0.2) is 0 Å². The second kappa shape index (κ2) is 6.32.